The number of phenols is 1. The summed E-state index contributed by atoms with van der Waals surface area (Å²) in [6, 6.07) is 4.56. The molecule has 0 spiro atoms. The van der Waals surface area contributed by atoms with Crippen LogP contribution in [0.5, 0.6) is 5.75 Å². The third kappa shape index (κ3) is 4.55. The van der Waals surface area contributed by atoms with Gasteiger partial charge in [-0.1, -0.05) is 26.0 Å². The maximum absolute atomic E-state index is 11.9. The Morgan fingerprint density at radius 3 is 2.25 bits per heavy atom. The lowest BCUT2D eigenvalue weighted by Gasteiger charge is -2.20. The Hall–Kier alpha value is -2.08. The smallest absolute Gasteiger partial charge is 0.326 e. The van der Waals surface area contributed by atoms with E-state index >= 15 is 0 Å². The van der Waals surface area contributed by atoms with Gasteiger partial charge in [-0.05, 0) is 30.0 Å². The van der Waals surface area contributed by atoms with E-state index in [2.05, 4.69) is 5.32 Å². The summed E-state index contributed by atoms with van der Waals surface area (Å²) < 4.78 is 0. The molecule has 0 saturated heterocycles. The fraction of sp³-hybridized carbons (Fsp3) is 0.429. The number of aromatic hydroxyl groups is 1. The summed E-state index contributed by atoms with van der Waals surface area (Å²) in [7, 11) is 0. The highest BCUT2D eigenvalue weighted by molar-refractivity contribution is 5.87. The van der Waals surface area contributed by atoms with Gasteiger partial charge in [-0.15, -0.1) is 0 Å². The van der Waals surface area contributed by atoms with Crippen LogP contribution in [-0.2, 0) is 16.0 Å². The van der Waals surface area contributed by atoms with Gasteiger partial charge in [0.05, 0.1) is 6.04 Å². The highest BCUT2D eigenvalue weighted by Gasteiger charge is 2.25. The van der Waals surface area contributed by atoms with Crippen LogP contribution in [0.3, 0.4) is 0 Å². The first kappa shape index (κ1) is 16.0. The van der Waals surface area contributed by atoms with E-state index in [0.717, 1.165) is 5.56 Å². The van der Waals surface area contributed by atoms with Gasteiger partial charge in [0.2, 0.25) is 5.91 Å². The van der Waals surface area contributed by atoms with Crippen molar-refractivity contribution in [3.63, 3.8) is 0 Å². The number of aliphatic carboxylic acids is 1. The molecule has 110 valence electrons. The summed E-state index contributed by atoms with van der Waals surface area (Å²) in [6.45, 7) is 3.43. The molecule has 0 aromatic heterocycles. The number of carboxylic acid groups (broad SMARTS) is 1. The zero-order chi connectivity index (χ0) is 15.3. The molecule has 6 heteroatoms. The van der Waals surface area contributed by atoms with E-state index in [9.17, 15) is 9.59 Å². The fourth-order valence-corrected chi connectivity index (χ4v) is 1.75. The van der Waals surface area contributed by atoms with Crippen LogP contribution in [-0.4, -0.2) is 34.2 Å². The number of amides is 1. The monoisotopic (exact) mass is 280 g/mol. The van der Waals surface area contributed by atoms with Gasteiger partial charge in [-0.2, -0.15) is 0 Å². The van der Waals surface area contributed by atoms with Crippen molar-refractivity contribution < 1.29 is 19.8 Å². The van der Waals surface area contributed by atoms with Crippen LogP contribution < -0.4 is 11.1 Å². The van der Waals surface area contributed by atoms with Crippen LogP contribution in [0.15, 0.2) is 24.3 Å². The number of rotatable bonds is 6. The van der Waals surface area contributed by atoms with Crippen molar-refractivity contribution >= 4 is 11.9 Å². The van der Waals surface area contributed by atoms with Crippen molar-refractivity contribution in [1.82, 2.24) is 5.32 Å². The first-order valence-electron chi connectivity index (χ1n) is 6.38. The van der Waals surface area contributed by atoms with Crippen molar-refractivity contribution in [1.29, 1.82) is 0 Å². The second-order valence-corrected chi connectivity index (χ2v) is 5.05. The predicted molar refractivity (Wildman–Crippen MR) is 74.2 cm³/mol. The van der Waals surface area contributed by atoms with E-state index in [4.69, 9.17) is 15.9 Å². The normalized spacial score (nSPS) is 13.8. The minimum atomic E-state index is -1.08. The molecular formula is C14H20N2O4. The fourth-order valence-electron chi connectivity index (χ4n) is 1.75. The highest BCUT2D eigenvalue weighted by Crippen LogP contribution is 2.11. The maximum Gasteiger partial charge on any atom is 0.326 e. The van der Waals surface area contributed by atoms with E-state index in [-0.39, 0.29) is 18.1 Å². The van der Waals surface area contributed by atoms with Crippen LogP contribution in [0.1, 0.15) is 19.4 Å². The lowest BCUT2D eigenvalue weighted by Crippen LogP contribution is -2.51. The molecule has 1 aromatic carbocycles. The molecule has 20 heavy (non-hydrogen) atoms. The van der Waals surface area contributed by atoms with E-state index < -0.39 is 24.0 Å². The summed E-state index contributed by atoms with van der Waals surface area (Å²) in [5, 5.41) is 20.6. The van der Waals surface area contributed by atoms with Gasteiger partial charge < -0.3 is 21.3 Å². The first-order chi connectivity index (χ1) is 9.31. The molecule has 0 bridgehead atoms. The number of nitrogens with two attached hydrogens (primary N) is 1. The Balaban J connectivity index is 2.62. The second kappa shape index (κ2) is 6.91. The van der Waals surface area contributed by atoms with E-state index in [1.165, 1.54) is 12.1 Å². The molecule has 2 atom stereocenters. The molecule has 0 aliphatic carbocycles. The molecule has 0 heterocycles. The van der Waals surface area contributed by atoms with Gasteiger partial charge in [-0.3, -0.25) is 4.79 Å². The number of hydrogen-bond donors (Lipinski definition) is 4. The standard InChI is InChI=1S/C14H20N2O4/c1-8(2)12(14(19)20)16-13(18)11(15)7-9-3-5-10(17)6-4-9/h3-6,8,11-12,17H,7,15H2,1-2H3,(H,16,18)(H,19,20)/t11-,12?/m0/s1. The third-order valence-electron chi connectivity index (χ3n) is 2.96. The van der Waals surface area contributed by atoms with Crippen molar-refractivity contribution in [3.05, 3.63) is 29.8 Å². The van der Waals surface area contributed by atoms with Gasteiger partial charge in [0.15, 0.2) is 0 Å². The number of phenolic OH excluding ortho intramolecular Hbond substituents is 1. The lowest BCUT2D eigenvalue weighted by molar-refractivity contribution is -0.143. The Labute approximate surface area is 117 Å². The molecule has 0 fully saturated rings. The zero-order valence-electron chi connectivity index (χ0n) is 11.5. The minimum Gasteiger partial charge on any atom is -0.508 e. The average Bonchev–Trinajstić information content (AvgIpc) is 2.37. The van der Waals surface area contributed by atoms with E-state index in [1.807, 2.05) is 0 Å². The lowest BCUT2D eigenvalue weighted by atomic mass is 10.0. The topological polar surface area (TPSA) is 113 Å². The van der Waals surface area contributed by atoms with Gasteiger partial charge in [0.1, 0.15) is 11.8 Å². The van der Waals surface area contributed by atoms with Gasteiger partial charge >= 0.3 is 5.97 Å². The number of benzene rings is 1. The van der Waals surface area contributed by atoms with Crippen molar-refractivity contribution in [3.8, 4) is 5.75 Å². The van der Waals surface area contributed by atoms with Gasteiger partial charge in [-0.25, -0.2) is 4.79 Å². The molecule has 6 nitrogen and oxygen atoms in total. The predicted octanol–water partition coefficient (Wildman–Crippen LogP) is 0.487. The Bertz CT molecular complexity index is 471. The number of carbonyl (C=O) groups is 2. The van der Waals surface area contributed by atoms with Gasteiger partial charge in [0.25, 0.3) is 0 Å². The number of carbonyl (C=O) groups excluding carboxylic acids is 1. The SMILES string of the molecule is CC(C)C(NC(=O)[C@@H](N)Cc1ccc(O)cc1)C(=O)O. The first-order valence-corrected chi connectivity index (χ1v) is 6.38. The van der Waals surface area contributed by atoms with E-state index in [0.29, 0.717) is 0 Å². The van der Waals surface area contributed by atoms with Crippen LogP contribution in [0, 0.1) is 5.92 Å². The molecule has 1 rings (SSSR count). The molecule has 1 aromatic rings. The number of nitrogens with one attached hydrogen (secondary N) is 1. The third-order valence-corrected chi connectivity index (χ3v) is 2.96. The largest absolute Gasteiger partial charge is 0.508 e. The molecule has 0 radical (unpaired) electrons. The quantitative estimate of drug-likeness (QED) is 0.605. The Morgan fingerprint density at radius 1 is 1.25 bits per heavy atom. The molecule has 0 aliphatic rings. The number of hydrogen-bond acceptors (Lipinski definition) is 4. The Kier molecular flexibility index (Phi) is 5.52. The molecule has 1 unspecified atom stereocenters. The summed E-state index contributed by atoms with van der Waals surface area (Å²) in [4.78, 5) is 22.9. The van der Waals surface area contributed by atoms with Crippen molar-refractivity contribution in [2.75, 3.05) is 0 Å². The summed E-state index contributed by atoms with van der Waals surface area (Å²) in [5.74, 6) is -1.67. The minimum absolute atomic E-state index is 0.137. The molecule has 0 aliphatic heterocycles. The van der Waals surface area contributed by atoms with Crippen LogP contribution in [0.25, 0.3) is 0 Å². The van der Waals surface area contributed by atoms with Gasteiger partial charge in [0, 0.05) is 0 Å². The van der Waals surface area contributed by atoms with Crippen molar-refractivity contribution in [2.45, 2.75) is 32.4 Å². The summed E-state index contributed by atoms with van der Waals surface area (Å²) in [5.41, 5.74) is 6.56. The van der Waals surface area contributed by atoms with Crippen LogP contribution in [0.4, 0.5) is 0 Å². The Morgan fingerprint density at radius 2 is 1.80 bits per heavy atom. The van der Waals surface area contributed by atoms with E-state index in [1.54, 1.807) is 26.0 Å². The molecule has 1 amide bonds. The van der Waals surface area contributed by atoms with Crippen molar-refractivity contribution in [2.24, 2.45) is 11.7 Å². The summed E-state index contributed by atoms with van der Waals surface area (Å²) in [6.07, 6.45) is 0.274. The average molecular weight is 280 g/mol. The molecule has 0 saturated carbocycles. The molecule has 5 N–H and O–H groups in total. The van der Waals surface area contributed by atoms with Crippen LogP contribution >= 0.6 is 0 Å². The second-order valence-electron chi connectivity index (χ2n) is 5.05. The summed E-state index contributed by atoms with van der Waals surface area (Å²) >= 11 is 0. The molecular weight excluding hydrogens is 260 g/mol. The highest BCUT2D eigenvalue weighted by atomic mass is 16.4. The van der Waals surface area contributed by atoms with Crippen LogP contribution in [0.2, 0.25) is 0 Å². The number of carboxylic acids is 1. The zero-order valence-corrected chi connectivity index (χ0v) is 11.5. The maximum atomic E-state index is 11.9.